The molecule has 1 aliphatic rings. The summed E-state index contributed by atoms with van der Waals surface area (Å²) in [6.07, 6.45) is 1.33. The Labute approximate surface area is 182 Å². The second-order valence-electron chi connectivity index (χ2n) is 7.40. The van der Waals surface area contributed by atoms with Gasteiger partial charge in [0.15, 0.2) is 0 Å². The third-order valence-corrected chi connectivity index (χ3v) is 5.77. The Hall–Kier alpha value is -2.82. The summed E-state index contributed by atoms with van der Waals surface area (Å²) in [7, 11) is 1.66. The first-order chi connectivity index (χ1) is 14.6. The summed E-state index contributed by atoms with van der Waals surface area (Å²) in [6, 6.07) is 21.4. The fourth-order valence-corrected chi connectivity index (χ4v) is 4.05. The molecule has 2 N–H and O–H groups in total. The molecule has 0 radical (unpaired) electrons. The van der Waals surface area contributed by atoms with Gasteiger partial charge in [0.1, 0.15) is 17.7 Å². The Balaban J connectivity index is 1.78. The molecule has 4 nitrogen and oxygen atoms in total. The number of aliphatic imine (C=N–C) groups is 1. The summed E-state index contributed by atoms with van der Waals surface area (Å²) in [6.45, 7) is 2.15. The van der Waals surface area contributed by atoms with E-state index in [-0.39, 0.29) is 18.0 Å². The van der Waals surface area contributed by atoms with Crippen molar-refractivity contribution in [1.82, 2.24) is 5.32 Å². The molecule has 0 aliphatic carbocycles. The molecular weight excluding hydrogens is 396 g/mol. The van der Waals surface area contributed by atoms with Gasteiger partial charge in [-0.1, -0.05) is 61.0 Å². The van der Waals surface area contributed by atoms with E-state index in [1.807, 2.05) is 30.3 Å². The lowest BCUT2D eigenvalue weighted by molar-refractivity contribution is 0.381. The normalized spacial score (nSPS) is 18.7. The number of nitrogens with one attached hydrogen (secondary N) is 1. The van der Waals surface area contributed by atoms with Crippen molar-refractivity contribution in [1.29, 1.82) is 0 Å². The summed E-state index contributed by atoms with van der Waals surface area (Å²) >= 11 is 6.23. The van der Waals surface area contributed by atoms with Crippen molar-refractivity contribution in [2.75, 3.05) is 7.11 Å². The van der Waals surface area contributed by atoms with Crippen LogP contribution in [0.25, 0.3) is 0 Å². The van der Waals surface area contributed by atoms with E-state index in [4.69, 9.17) is 21.3 Å². The number of methoxy groups -OCH3 is 1. The van der Waals surface area contributed by atoms with Gasteiger partial charge in [-0.05, 0) is 41.8 Å². The van der Waals surface area contributed by atoms with Crippen LogP contribution in [0.2, 0.25) is 5.02 Å². The van der Waals surface area contributed by atoms with Crippen LogP contribution in [0.5, 0.6) is 11.5 Å². The van der Waals surface area contributed by atoms with Gasteiger partial charge in [-0.25, -0.2) is 0 Å². The summed E-state index contributed by atoms with van der Waals surface area (Å²) < 4.78 is 5.57. The van der Waals surface area contributed by atoms with E-state index in [0.29, 0.717) is 11.4 Å². The molecule has 2 atom stereocenters. The Morgan fingerprint density at radius 3 is 2.57 bits per heavy atom. The molecule has 30 heavy (non-hydrogen) atoms. The third-order valence-electron chi connectivity index (χ3n) is 5.54. The Kier molecular flexibility index (Phi) is 6.07. The second-order valence-corrected chi connectivity index (χ2v) is 7.83. The molecule has 0 bridgehead atoms. The van der Waals surface area contributed by atoms with Crippen LogP contribution in [0.4, 0.5) is 0 Å². The van der Waals surface area contributed by atoms with Crippen molar-refractivity contribution in [3.8, 4) is 11.5 Å². The zero-order valence-electron chi connectivity index (χ0n) is 17.1. The van der Waals surface area contributed by atoms with Gasteiger partial charge in [0.25, 0.3) is 0 Å². The number of hydrogen-bond acceptors (Lipinski definition) is 4. The van der Waals surface area contributed by atoms with Crippen LogP contribution < -0.4 is 10.1 Å². The predicted molar refractivity (Wildman–Crippen MR) is 122 cm³/mol. The van der Waals surface area contributed by atoms with Gasteiger partial charge in [0.2, 0.25) is 0 Å². The Morgan fingerprint density at radius 2 is 1.83 bits per heavy atom. The average Bonchev–Trinajstić information content (AvgIpc) is 2.80. The van der Waals surface area contributed by atoms with Crippen LogP contribution in [0.1, 0.15) is 47.8 Å². The first-order valence-corrected chi connectivity index (χ1v) is 10.5. The number of phenolic OH excluding ortho intramolecular Hbond substituents is 1. The van der Waals surface area contributed by atoms with Crippen LogP contribution in [0, 0.1) is 0 Å². The van der Waals surface area contributed by atoms with Gasteiger partial charge in [-0.2, -0.15) is 0 Å². The minimum absolute atomic E-state index is 0.142. The standard InChI is InChI=1S/C25H25ClN2O2/c1-3-16-8-10-17(11-9-16)21-15-22(20-14-18(26)12-13-23(20)29)28-25(27-21)19-6-4-5-7-24(19)30-2/h4-14,22,25,28-29H,3,15H2,1-2H3/t22-,25-/m1/s1. The molecule has 1 heterocycles. The number of ether oxygens (including phenoxy) is 1. The molecule has 3 aromatic carbocycles. The second kappa shape index (κ2) is 8.90. The van der Waals surface area contributed by atoms with Crippen molar-refractivity contribution in [3.05, 3.63) is 94.0 Å². The van der Waals surface area contributed by atoms with E-state index in [1.165, 1.54) is 5.56 Å². The Morgan fingerprint density at radius 1 is 1.07 bits per heavy atom. The number of aryl methyl sites for hydroxylation is 1. The quantitative estimate of drug-likeness (QED) is 0.545. The predicted octanol–water partition coefficient (Wildman–Crippen LogP) is 5.84. The molecule has 0 saturated heterocycles. The largest absolute Gasteiger partial charge is 0.508 e. The number of rotatable bonds is 5. The van der Waals surface area contributed by atoms with Crippen LogP contribution in [0.3, 0.4) is 0 Å². The van der Waals surface area contributed by atoms with Crippen molar-refractivity contribution in [3.63, 3.8) is 0 Å². The fourth-order valence-electron chi connectivity index (χ4n) is 3.87. The number of benzene rings is 3. The van der Waals surface area contributed by atoms with Gasteiger partial charge in [0.05, 0.1) is 7.11 Å². The van der Waals surface area contributed by atoms with E-state index in [1.54, 1.807) is 19.2 Å². The van der Waals surface area contributed by atoms with Gasteiger partial charge in [-0.3, -0.25) is 10.3 Å². The highest BCUT2D eigenvalue weighted by Gasteiger charge is 2.29. The van der Waals surface area contributed by atoms with Crippen LogP contribution >= 0.6 is 11.6 Å². The topological polar surface area (TPSA) is 53.8 Å². The summed E-state index contributed by atoms with van der Waals surface area (Å²) in [5, 5.41) is 14.7. The number of nitrogens with zero attached hydrogens (tertiary/aromatic N) is 1. The summed E-state index contributed by atoms with van der Waals surface area (Å²) in [4.78, 5) is 5.03. The van der Waals surface area contributed by atoms with E-state index < -0.39 is 0 Å². The van der Waals surface area contributed by atoms with E-state index >= 15 is 0 Å². The van der Waals surface area contributed by atoms with Gasteiger partial charge >= 0.3 is 0 Å². The van der Waals surface area contributed by atoms with Crippen molar-refractivity contribution in [2.24, 2.45) is 4.99 Å². The van der Waals surface area contributed by atoms with Gasteiger partial charge < -0.3 is 9.84 Å². The highest BCUT2D eigenvalue weighted by atomic mass is 35.5. The van der Waals surface area contributed by atoms with E-state index in [9.17, 15) is 5.11 Å². The number of halogens is 1. The number of para-hydroxylation sites is 1. The van der Waals surface area contributed by atoms with E-state index in [0.717, 1.165) is 34.6 Å². The van der Waals surface area contributed by atoms with Crippen molar-refractivity contribution in [2.45, 2.75) is 32.0 Å². The molecule has 0 spiro atoms. The van der Waals surface area contributed by atoms with Crippen molar-refractivity contribution < 1.29 is 9.84 Å². The van der Waals surface area contributed by atoms with Crippen LogP contribution in [0.15, 0.2) is 71.7 Å². The minimum atomic E-state index is -0.306. The lowest BCUT2D eigenvalue weighted by Crippen LogP contribution is -2.33. The maximum atomic E-state index is 10.5. The Bertz CT molecular complexity index is 1060. The molecule has 3 aromatic rings. The molecule has 5 heteroatoms. The molecular formula is C25H25ClN2O2. The third kappa shape index (κ3) is 4.20. The zero-order chi connectivity index (χ0) is 21.1. The summed E-state index contributed by atoms with van der Waals surface area (Å²) in [5.74, 6) is 0.994. The first kappa shape index (κ1) is 20.5. The number of phenols is 1. The zero-order valence-corrected chi connectivity index (χ0v) is 17.9. The summed E-state index contributed by atoms with van der Waals surface area (Å²) in [5.41, 5.74) is 5.07. The SMILES string of the molecule is CCc1ccc(C2=N[C@@H](c3ccccc3OC)N[C@@H](c3cc(Cl)ccc3O)C2)cc1. The van der Waals surface area contributed by atoms with Gasteiger partial charge in [-0.15, -0.1) is 0 Å². The number of aromatic hydroxyl groups is 1. The van der Waals surface area contributed by atoms with Crippen LogP contribution in [-0.4, -0.2) is 17.9 Å². The molecule has 4 rings (SSSR count). The van der Waals surface area contributed by atoms with Crippen LogP contribution in [-0.2, 0) is 6.42 Å². The maximum Gasteiger partial charge on any atom is 0.129 e. The molecule has 0 fully saturated rings. The molecule has 154 valence electrons. The first-order valence-electron chi connectivity index (χ1n) is 10.1. The maximum absolute atomic E-state index is 10.5. The highest BCUT2D eigenvalue weighted by Crippen LogP contribution is 2.37. The lowest BCUT2D eigenvalue weighted by atomic mass is 9.93. The van der Waals surface area contributed by atoms with E-state index in [2.05, 4.69) is 36.5 Å². The molecule has 0 amide bonds. The minimum Gasteiger partial charge on any atom is -0.508 e. The lowest BCUT2D eigenvalue weighted by Gasteiger charge is -2.31. The fraction of sp³-hybridized carbons (Fsp3) is 0.240. The molecule has 0 saturated carbocycles. The highest BCUT2D eigenvalue weighted by molar-refractivity contribution is 6.30. The average molecular weight is 421 g/mol. The smallest absolute Gasteiger partial charge is 0.129 e. The molecule has 0 aromatic heterocycles. The number of hydrogen-bond donors (Lipinski definition) is 2. The van der Waals surface area contributed by atoms with Gasteiger partial charge in [0, 0.05) is 34.3 Å². The molecule has 1 aliphatic heterocycles. The molecule has 0 unspecified atom stereocenters. The van der Waals surface area contributed by atoms with Crippen molar-refractivity contribution >= 4 is 17.3 Å². The monoisotopic (exact) mass is 420 g/mol.